The molecule has 0 spiro atoms. The molecule has 1 saturated heterocycles. The lowest BCUT2D eigenvalue weighted by atomic mass is 9.80. The van der Waals surface area contributed by atoms with Crippen molar-refractivity contribution in [1.29, 1.82) is 0 Å². The number of unbranched alkanes of at least 4 members (excludes halogenated alkanes) is 14. The Kier molecular flexibility index (Phi) is 26.5. The first kappa shape index (κ1) is 57.8. The molecule has 12 unspecified atom stereocenters. The molecule has 1 heterocycles. The summed E-state index contributed by atoms with van der Waals surface area (Å²) in [6.07, 6.45) is 48.6. The molecule has 7 nitrogen and oxygen atoms in total. The van der Waals surface area contributed by atoms with Crippen LogP contribution >= 0.6 is 0 Å². The number of hydrogen-bond donors (Lipinski definition) is 0. The molecular formula is C63H111NO6. The van der Waals surface area contributed by atoms with Gasteiger partial charge in [0.1, 0.15) is 18.8 Å². The van der Waals surface area contributed by atoms with Crippen molar-refractivity contribution in [3.63, 3.8) is 0 Å². The van der Waals surface area contributed by atoms with Gasteiger partial charge < -0.3 is 23.8 Å². The van der Waals surface area contributed by atoms with Crippen LogP contribution in [-0.4, -0.2) is 75.6 Å². The second-order valence-electron chi connectivity index (χ2n) is 25.2. The number of rotatable bonds is 42. The molecule has 0 radical (unpaired) electrons. The Morgan fingerprint density at radius 2 is 1.09 bits per heavy atom. The monoisotopic (exact) mass is 978 g/mol. The maximum atomic E-state index is 13.6. The van der Waals surface area contributed by atoms with Crippen LogP contribution in [-0.2, 0) is 28.5 Å². The number of ether oxygens (including phenoxy) is 4. The van der Waals surface area contributed by atoms with E-state index in [0.717, 1.165) is 118 Å². The zero-order valence-electron chi connectivity index (χ0n) is 46.5. The van der Waals surface area contributed by atoms with Gasteiger partial charge in [-0.05, 0) is 170 Å². The van der Waals surface area contributed by atoms with Crippen LogP contribution in [0, 0.1) is 64.6 Å². The molecule has 6 aliphatic rings. The number of carbonyl (C=O) groups is 2. The molecule has 12 atom stereocenters. The highest BCUT2D eigenvalue weighted by molar-refractivity contribution is 5.77. The van der Waals surface area contributed by atoms with E-state index in [9.17, 15) is 9.59 Å². The van der Waals surface area contributed by atoms with Crippen LogP contribution < -0.4 is 0 Å². The lowest BCUT2D eigenvalue weighted by Crippen LogP contribution is -2.43. The summed E-state index contributed by atoms with van der Waals surface area (Å²) in [6.45, 7) is 12.8. The fourth-order valence-corrected chi connectivity index (χ4v) is 13.4. The molecule has 0 aromatic carbocycles. The number of likely N-dealkylation sites (tertiary alicyclic amines) is 1. The van der Waals surface area contributed by atoms with Gasteiger partial charge in [-0.15, -0.1) is 0 Å². The van der Waals surface area contributed by atoms with Crippen LogP contribution in [0.3, 0.4) is 0 Å². The minimum Gasteiger partial charge on any atom is -0.463 e. The normalized spacial score (nSPS) is 30.4. The first-order valence-electron chi connectivity index (χ1n) is 31.1. The molecule has 0 N–H and O–H groups in total. The first-order valence-corrected chi connectivity index (χ1v) is 31.1. The highest BCUT2D eigenvalue weighted by Gasteiger charge is 2.46. The second-order valence-corrected chi connectivity index (χ2v) is 25.2. The summed E-state index contributed by atoms with van der Waals surface area (Å²) in [5.74, 6) is 8.61. The van der Waals surface area contributed by atoms with E-state index in [-0.39, 0.29) is 42.6 Å². The van der Waals surface area contributed by atoms with Crippen LogP contribution in [0.5, 0.6) is 0 Å². The fourth-order valence-electron chi connectivity index (χ4n) is 13.4. The Bertz CT molecular complexity index is 1460. The van der Waals surface area contributed by atoms with E-state index in [0.29, 0.717) is 19.6 Å². The van der Waals surface area contributed by atoms with Crippen LogP contribution in [0.15, 0.2) is 12.2 Å². The smallest absolute Gasteiger partial charge is 0.312 e. The van der Waals surface area contributed by atoms with Gasteiger partial charge in [-0.2, -0.15) is 0 Å². The highest BCUT2D eigenvalue weighted by Crippen LogP contribution is 2.56. The molecule has 0 aromatic rings. The van der Waals surface area contributed by atoms with Gasteiger partial charge in [0.15, 0.2) is 0 Å². The topological polar surface area (TPSA) is 74.3 Å². The van der Waals surface area contributed by atoms with Crippen LogP contribution in [0.25, 0.3) is 0 Å². The summed E-state index contributed by atoms with van der Waals surface area (Å²) in [4.78, 5) is 29.4. The van der Waals surface area contributed by atoms with Gasteiger partial charge in [0.05, 0.1) is 12.0 Å². The number of esters is 2. The third kappa shape index (κ3) is 21.8. The Balaban J connectivity index is 0.836. The van der Waals surface area contributed by atoms with Gasteiger partial charge in [0.25, 0.3) is 0 Å². The van der Waals surface area contributed by atoms with Crippen molar-refractivity contribution < 1.29 is 28.5 Å². The molecular weight excluding hydrogens is 867 g/mol. The maximum absolute atomic E-state index is 13.6. The SMILES string of the molecule is CC/C=C\CC1C(CC(=O)OCC(COCCCCCCCCC2CC2CC2CC2CCCCC)OCCCCCCCCC2CC2CC2CC2CCCCC)CCC1OC(=O)C1(C)CCN(C)CC1. The van der Waals surface area contributed by atoms with Gasteiger partial charge in [0.2, 0.25) is 0 Å². The highest BCUT2D eigenvalue weighted by atomic mass is 16.6. The molecule has 0 amide bonds. The van der Waals surface area contributed by atoms with Crippen molar-refractivity contribution in [1.82, 2.24) is 4.90 Å². The Morgan fingerprint density at radius 1 is 0.586 bits per heavy atom. The summed E-state index contributed by atoms with van der Waals surface area (Å²) < 4.78 is 25.0. The third-order valence-corrected chi connectivity index (χ3v) is 19.0. The first-order chi connectivity index (χ1) is 34.2. The van der Waals surface area contributed by atoms with Gasteiger partial charge in [0, 0.05) is 25.6 Å². The van der Waals surface area contributed by atoms with Crippen LogP contribution in [0.2, 0.25) is 0 Å². The van der Waals surface area contributed by atoms with Crippen molar-refractivity contribution in [2.75, 3.05) is 46.6 Å². The second kappa shape index (κ2) is 32.1. The van der Waals surface area contributed by atoms with E-state index in [1.165, 1.54) is 154 Å². The summed E-state index contributed by atoms with van der Waals surface area (Å²) in [6, 6.07) is 0. The third-order valence-electron chi connectivity index (χ3n) is 19.0. The standard InChI is InChI=1S/C63H111NO6/c1-6-9-20-27-49-40-54(49)44-56-42-51(56)29-23-16-12-14-18-25-38-67-47-58(68-39-26-19-15-13-17-24-30-52-43-57(52)45-55-41-50(55)28-21-10-7-2)48-69-61(65)46-53-32-33-60(59(53)31-22-11-8-3)70-62(66)63(4)34-36-64(5)37-35-63/h11,22,49-60H,6-10,12-21,23-48H2,1-5H3/b22-11-. The zero-order chi connectivity index (χ0) is 49.4. The van der Waals surface area contributed by atoms with Crippen molar-refractivity contribution in [2.45, 2.75) is 265 Å². The Morgan fingerprint density at radius 3 is 1.61 bits per heavy atom. The van der Waals surface area contributed by atoms with Gasteiger partial charge in [-0.3, -0.25) is 9.59 Å². The van der Waals surface area contributed by atoms with E-state index < -0.39 is 5.41 Å². The number of carbonyl (C=O) groups excluding carboxylic acids is 2. The largest absolute Gasteiger partial charge is 0.463 e. The molecule has 0 aromatic heterocycles. The minimum atomic E-state index is -0.427. The van der Waals surface area contributed by atoms with E-state index in [1.807, 2.05) is 0 Å². The minimum absolute atomic E-state index is 0.0542. The number of nitrogens with zero attached hydrogens (tertiary/aromatic N) is 1. The predicted molar refractivity (Wildman–Crippen MR) is 290 cm³/mol. The lowest BCUT2D eigenvalue weighted by Gasteiger charge is -2.37. The summed E-state index contributed by atoms with van der Waals surface area (Å²) >= 11 is 0. The summed E-state index contributed by atoms with van der Waals surface area (Å²) in [5.41, 5.74) is -0.427. The molecule has 7 heteroatoms. The van der Waals surface area contributed by atoms with E-state index in [1.54, 1.807) is 12.8 Å². The van der Waals surface area contributed by atoms with E-state index in [4.69, 9.17) is 18.9 Å². The molecule has 70 heavy (non-hydrogen) atoms. The van der Waals surface area contributed by atoms with Crippen molar-refractivity contribution in [3.8, 4) is 0 Å². The van der Waals surface area contributed by atoms with Gasteiger partial charge in [-0.1, -0.05) is 161 Å². The summed E-state index contributed by atoms with van der Waals surface area (Å²) in [7, 11) is 2.12. The van der Waals surface area contributed by atoms with Gasteiger partial charge in [-0.25, -0.2) is 0 Å². The van der Waals surface area contributed by atoms with Gasteiger partial charge >= 0.3 is 11.9 Å². The summed E-state index contributed by atoms with van der Waals surface area (Å²) in [5, 5.41) is 0. The van der Waals surface area contributed by atoms with E-state index in [2.05, 4.69) is 51.8 Å². The van der Waals surface area contributed by atoms with Crippen molar-refractivity contribution >= 4 is 11.9 Å². The number of piperidine rings is 1. The number of hydrogen-bond acceptors (Lipinski definition) is 7. The van der Waals surface area contributed by atoms with Crippen molar-refractivity contribution in [2.24, 2.45) is 64.6 Å². The Labute approximate surface area is 431 Å². The molecule has 1 aliphatic heterocycles. The molecule has 5 aliphatic carbocycles. The molecule has 5 saturated carbocycles. The zero-order valence-corrected chi connectivity index (χ0v) is 46.5. The van der Waals surface area contributed by atoms with E-state index >= 15 is 0 Å². The Hall–Kier alpha value is -1.44. The van der Waals surface area contributed by atoms with Crippen molar-refractivity contribution in [3.05, 3.63) is 12.2 Å². The lowest BCUT2D eigenvalue weighted by molar-refractivity contribution is -0.165. The predicted octanol–water partition coefficient (Wildman–Crippen LogP) is 16.3. The molecule has 404 valence electrons. The number of allylic oxidation sites excluding steroid dienone is 2. The van der Waals surface area contributed by atoms with Crippen LogP contribution in [0.1, 0.15) is 252 Å². The molecule has 0 bridgehead atoms. The average molecular weight is 979 g/mol. The quantitative estimate of drug-likeness (QED) is 0.0343. The average Bonchev–Trinajstić information content (AvgIpc) is 4.25. The van der Waals surface area contributed by atoms with Crippen LogP contribution in [0.4, 0.5) is 0 Å². The molecule has 6 rings (SSSR count). The fraction of sp³-hybridized carbons (Fsp3) is 0.937. The maximum Gasteiger partial charge on any atom is 0.312 e. The molecule has 6 fully saturated rings.